The lowest BCUT2D eigenvalue weighted by Gasteiger charge is -2.09. The summed E-state index contributed by atoms with van der Waals surface area (Å²) >= 11 is 0. The molecular formula is C19H13FN4O3. The van der Waals surface area contributed by atoms with Crippen molar-refractivity contribution in [3.63, 3.8) is 0 Å². The van der Waals surface area contributed by atoms with E-state index >= 15 is 0 Å². The first-order valence-electron chi connectivity index (χ1n) is 8.08. The Hall–Kier alpha value is -3.81. The molecule has 4 aromatic rings. The zero-order valence-electron chi connectivity index (χ0n) is 13.9. The molecular weight excluding hydrogens is 351 g/mol. The minimum atomic E-state index is -0.905. The van der Waals surface area contributed by atoms with Crippen LogP contribution in [0.4, 0.5) is 10.1 Å². The van der Waals surface area contributed by atoms with E-state index in [4.69, 9.17) is 0 Å². The van der Waals surface area contributed by atoms with Crippen molar-refractivity contribution in [1.82, 2.24) is 14.8 Å². The lowest BCUT2D eigenvalue weighted by Crippen LogP contribution is -2.19. The topological polar surface area (TPSA) is 93.8 Å². The van der Waals surface area contributed by atoms with E-state index in [9.17, 15) is 19.3 Å². The van der Waals surface area contributed by atoms with E-state index in [-0.39, 0.29) is 12.1 Å². The Morgan fingerprint density at radius 2 is 1.93 bits per heavy atom. The molecule has 0 saturated carbocycles. The van der Waals surface area contributed by atoms with Crippen molar-refractivity contribution in [3.8, 4) is 11.1 Å². The van der Waals surface area contributed by atoms with Gasteiger partial charge in [-0.3, -0.25) is 20.0 Å². The van der Waals surface area contributed by atoms with Crippen LogP contribution < -0.4 is 5.56 Å². The molecule has 0 aliphatic rings. The highest BCUT2D eigenvalue weighted by Gasteiger charge is 2.14. The minimum Gasteiger partial charge on any atom is -0.310 e. The van der Waals surface area contributed by atoms with Crippen LogP contribution in [0, 0.1) is 15.9 Å². The summed E-state index contributed by atoms with van der Waals surface area (Å²) in [5.74, 6) is -0.905. The molecule has 4 rings (SSSR count). The molecule has 2 aromatic carbocycles. The molecule has 1 N–H and O–H groups in total. The molecule has 8 heteroatoms. The molecule has 0 saturated heterocycles. The number of halogens is 1. The van der Waals surface area contributed by atoms with Gasteiger partial charge in [-0.1, -0.05) is 18.2 Å². The quantitative estimate of drug-likeness (QED) is 0.443. The Balaban J connectivity index is 1.71. The number of aromatic nitrogens is 3. The third-order valence-electron chi connectivity index (χ3n) is 4.32. The van der Waals surface area contributed by atoms with Gasteiger partial charge < -0.3 is 4.57 Å². The van der Waals surface area contributed by atoms with Crippen LogP contribution in [0.25, 0.3) is 22.0 Å². The molecule has 0 fully saturated rings. The smallest absolute Gasteiger partial charge is 0.305 e. The molecule has 0 amide bonds. The van der Waals surface area contributed by atoms with E-state index in [2.05, 4.69) is 10.2 Å². The number of nitro groups is 1. The van der Waals surface area contributed by atoms with Gasteiger partial charge in [0.2, 0.25) is 5.82 Å². The maximum absolute atomic E-state index is 13.5. The third kappa shape index (κ3) is 3.20. The highest BCUT2D eigenvalue weighted by molar-refractivity contribution is 5.83. The summed E-state index contributed by atoms with van der Waals surface area (Å²) in [6.45, 7) is 0.0973. The number of nitro benzene ring substituents is 1. The van der Waals surface area contributed by atoms with Crippen LogP contribution in [0.2, 0.25) is 0 Å². The number of rotatable bonds is 4. The highest BCUT2D eigenvalue weighted by Crippen LogP contribution is 2.23. The van der Waals surface area contributed by atoms with Crippen molar-refractivity contribution < 1.29 is 9.31 Å². The van der Waals surface area contributed by atoms with E-state index in [1.807, 2.05) is 18.2 Å². The van der Waals surface area contributed by atoms with Gasteiger partial charge in [-0.2, -0.15) is 9.49 Å². The summed E-state index contributed by atoms with van der Waals surface area (Å²) in [7, 11) is 0. The van der Waals surface area contributed by atoms with Crippen LogP contribution in [0.5, 0.6) is 0 Å². The van der Waals surface area contributed by atoms with Gasteiger partial charge in [0.25, 0.3) is 5.56 Å². The van der Waals surface area contributed by atoms with Crippen LogP contribution in [0.15, 0.2) is 65.7 Å². The number of hydrogen-bond acceptors (Lipinski definition) is 4. The van der Waals surface area contributed by atoms with Crippen LogP contribution in [0.1, 0.15) is 5.56 Å². The van der Waals surface area contributed by atoms with Gasteiger partial charge in [0.1, 0.15) is 0 Å². The van der Waals surface area contributed by atoms with Crippen LogP contribution in [-0.4, -0.2) is 19.7 Å². The second kappa shape index (κ2) is 6.49. The van der Waals surface area contributed by atoms with Gasteiger partial charge >= 0.3 is 5.69 Å². The second-order valence-electron chi connectivity index (χ2n) is 6.10. The Morgan fingerprint density at radius 1 is 1.11 bits per heavy atom. The predicted molar refractivity (Wildman–Crippen MR) is 97.9 cm³/mol. The van der Waals surface area contributed by atoms with Gasteiger partial charge in [0.05, 0.1) is 23.2 Å². The number of nitrogens with one attached hydrogen (secondary N) is 1. The summed E-state index contributed by atoms with van der Waals surface area (Å²) in [6.07, 6.45) is 3.40. The van der Waals surface area contributed by atoms with Gasteiger partial charge in [-0.05, 0) is 34.9 Å². The molecule has 134 valence electrons. The third-order valence-corrected chi connectivity index (χ3v) is 4.32. The van der Waals surface area contributed by atoms with E-state index in [1.54, 1.807) is 18.5 Å². The molecule has 2 aromatic heterocycles. The Kier molecular flexibility index (Phi) is 4.00. The summed E-state index contributed by atoms with van der Waals surface area (Å²) in [6, 6.07) is 12.5. The number of fused-ring (bicyclic) bond motifs is 1. The van der Waals surface area contributed by atoms with Crippen molar-refractivity contribution >= 4 is 16.6 Å². The second-order valence-corrected chi connectivity index (χ2v) is 6.10. The fraction of sp³-hybridized carbons (Fsp3) is 0.0526. The van der Waals surface area contributed by atoms with Crippen LogP contribution in [-0.2, 0) is 6.54 Å². The lowest BCUT2D eigenvalue weighted by atomic mass is 10.1. The summed E-state index contributed by atoms with van der Waals surface area (Å²) in [5, 5.41) is 18.8. The Morgan fingerprint density at radius 3 is 2.74 bits per heavy atom. The normalized spacial score (nSPS) is 11.0. The van der Waals surface area contributed by atoms with Crippen molar-refractivity contribution in [2.75, 3.05) is 0 Å². The van der Waals surface area contributed by atoms with Gasteiger partial charge in [0, 0.05) is 23.7 Å². The zero-order valence-corrected chi connectivity index (χ0v) is 13.9. The van der Waals surface area contributed by atoms with E-state index in [1.165, 1.54) is 16.7 Å². The first-order valence-corrected chi connectivity index (χ1v) is 8.08. The number of H-pyrrole nitrogens is 1. The molecule has 0 atom stereocenters. The Bertz CT molecular complexity index is 1230. The summed E-state index contributed by atoms with van der Waals surface area (Å²) < 4.78 is 14.9. The fourth-order valence-electron chi connectivity index (χ4n) is 2.94. The maximum Gasteiger partial charge on any atom is 0.305 e. The van der Waals surface area contributed by atoms with Crippen molar-refractivity contribution in [2.24, 2.45) is 0 Å². The highest BCUT2D eigenvalue weighted by atomic mass is 19.1. The number of benzene rings is 2. The Labute approximate surface area is 151 Å². The lowest BCUT2D eigenvalue weighted by molar-refractivity contribution is -0.387. The molecule has 7 nitrogen and oxygen atoms in total. The average molecular weight is 364 g/mol. The molecule has 2 heterocycles. The molecule has 0 bridgehead atoms. The largest absolute Gasteiger partial charge is 0.310 e. The van der Waals surface area contributed by atoms with E-state index in [0.717, 1.165) is 34.2 Å². The molecule has 0 spiro atoms. The summed E-state index contributed by atoms with van der Waals surface area (Å²) in [5.41, 5.74) is 2.17. The van der Waals surface area contributed by atoms with Gasteiger partial charge in [-0.25, -0.2) is 0 Å². The molecule has 0 unspecified atom stereocenters. The zero-order chi connectivity index (χ0) is 19.0. The van der Waals surface area contributed by atoms with Crippen molar-refractivity contribution in [3.05, 3.63) is 92.8 Å². The predicted octanol–water partition coefficient (Wildman–Crippen LogP) is 3.49. The molecule has 27 heavy (non-hydrogen) atoms. The monoisotopic (exact) mass is 364 g/mol. The molecule has 0 aliphatic carbocycles. The van der Waals surface area contributed by atoms with Crippen LogP contribution >= 0.6 is 0 Å². The average Bonchev–Trinajstić information content (AvgIpc) is 3.12. The van der Waals surface area contributed by atoms with Crippen molar-refractivity contribution in [2.45, 2.75) is 6.54 Å². The first-order chi connectivity index (χ1) is 13.0. The molecule has 0 radical (unpaired) electrons. The minimum absolute atomic E-state index is 0.0973. The summed E-state index contributed by atoms with van der Waals surface area (Å²) in [4.78, 5) is 22.3. The van der Waals surface area contributed by atoms with E-state index in [0.29, 0.717) is 5.56 Å². The van der Waals surface area contributed by atoms with Gasteiger partial charge in [-0.15, -0.1) is 0 Å². The van der Waals surface area contributed by atoms with E-state index < -0.39 is 16.4 Å². The SMILES string of the molecule is O=c1ccc(-c2ccc3cn[nH]c3c2)cn1Cc1ccc(F)c([N+](=O)[O-])c1. The standard InChI is InChI=1S/C19H13FN4O3/c20-16-5-1-12(7-18(16)24(26)27)10-23-11-15(4-6-19(23)25)13-2-3-14-9-21-22-17(14)8-13/h1-9,11H,10H2,(H,21,22). The first kappa shape index (κ1) is 16.6. The van der Waals surface area contributed by atoms with Crippen molar-refractivity contribution in [1.29, 1.82) is 0 Å². The van der Waals surface area contributed by atoms with Crippen LogP contribution in [0.3, 0.4) is 0 Å². The molecule has 0 aliphatic heterocycles. The number of hydrogen-bond donors (Lipinski definition) is 1. The number of pyridine rings is 1. The fourth-order valence-corrected chi connectivity index (χ4v) is 2.94. The maximum atomic E-state index is 13.5. The number of aromatic amines is 1. The van der Waals surface area contributed by atoms with Gasteiger partial charge in [0.15, 0.2) is 0 Å². The number of nitrogens with zero attached hydrogens (tertiary/aromatic N) is 3.